The maximum atomic E-state index is 9.81. The number of nitrogens with zero attached hydrogens (tertiary/aromatic N) is 2. The number of benzene rings is 1. The third-order valence-corrected chi connectivity index (χ3v) is 2.65. The molecule has 0 amide bonds. The topological polar surface area (TPSA) is 59.3 Å². The van der Waals surface area contributed by atoms with Gasteiger partial charge in [0.2, 0.25) is 0 Å². The fraction of sp³-hybridized carbons (Fsp3) is 0.462. The third kappa shape index (κ3) is 4.06. The SMILES string of the molecule is CNCCC(O)CN(C)c1ccccc1C#N. The van der Waals surface area contributed by atoms with Crippen LogP contribution in [-0.4, -0.2) is 38.4 Å². The third-order valence-electron chi connectivity index (χ3n) is 2.65. The van der Waals surface area contributed by atoms with E-state index in [0.29, 0.717) is 18.5 Å². The van der Waals surface area contributed by atoms with Crippen molar-refractivity contribution in [3.05, 3.63) is 29.8 Å². The number of aliphatic hydroxyl groups excluding tert-OH is 1. The summed E-state index contributed by atoms with van der Waals surface area (Å²) in [5.41, 5.74) is 1.49. The van der Waals surface area contributed by atoms with Gasteiger partial charge in [-0.05, 0) is 32.1 Å². The highest BCUT2D eigenvalue weighted by atomic mass is 16.3. The van der Waals surface area contributed by atoms with Gasteiger partial charge in [-0.1, -0.05) is 12.1 Å². The van der Waals surface area contributed by atoms with Gasteiger partial charge in [0.25, 0.3) is 0 Å². The van der Waals surface area contributed by atoms with Gasteiger partial charge >= 0.3 is 0 Å². The first-order valence-electron chi connectivity index (χ1n) is 5.72. The Morgan fingerprint density at radius 1 is 1.47 bits per heavy atom. The number of nitriles is 1. The van der Waals surface area contributed by atoms with E-state index in [9.17, 15) is 5.11 Å². The second-order valence-corrected chi connectivity index (χ2v) is 4.06. The molecule has 17 heavy (non-hydrogen) atoms. The van der Waals surface area contributed by atoms with Crippen LogP contribution in [0.5, 0.6) is 0 Å². The number of para-hydroxylation sites is 1. The van der Waals surface area contributed by atoms with E-state index in [1.807, 2.05) is 37.2 Å². The second kappa shape index (κ2) is 6.89. The Labute approximate surface area is 102 Å². The molecule has 1 unspecified atom stereocenters. The molecule has 1 aromatic rings. The summed E-state index contributed by atoms with van der Waals surface area (Å²) >= 11 is 0. The quantitative estimate of drug-likeness (QED) is 0.768. The zero-order chi connectivity index (χ0) is 12.7. The van der Waals surface area contributed by atoms with E-state index in [4.69, 9.17) is 5.26 Å². The Kier molecular flexibility index (Phi) is 5.47. The lowest BCUT2D eigenvalue weighted by Crippen LogP contribution is -2.31. The second-order valence-electron chi connectivity index (χ2n) is 4.06. The number of aliphatic hydroxyl groups is 1. The predicted molar refractivity (Wildman–Crippen MR) is 69.0 cm³/mol. The maximum Gasteiger partial charge on any atom is 0.101 e. The van der Waals surface area contributed by atoms with Crippen LogP contribution in [0, 0.1) is 11.3 Å². The highest BCUT2D eigenvalue weighted by Crippen LogP contribution is 2.18. The first-order valence-corrected chi connectivity index (χ1v) is 5.72. The van der Waals surface area contributed by atoms with Crippen LogP contribution in [0.3, 0.4) is 0 Å². The summed E-state index contributed by atoms with van der Waals surface area (Å²) < 4.78 is 0. The van der Waals surface area contributed by atoms with Crippen molar-refractivity contribution >= 4 is 5.69 Å². The molecule has 0 heterocycles. The first kappa shape index (κ1) is 13.5. The molecule has 1 rings (SSSR count). The number of hydrogen-bond donors (Lipinski definition) is 2. The first-order chi connectivity index (χ1) is 8.19. The minimum atomic E-state index is -0.390. The molecule has 0 aliphatic rings. The minimum absolute atomic E-state index is 0.390. The molecular weight excluding hydrogens is 214 g/mol. The van der Waals surface area contributed by atoms with E-state index in [2.05, 4.69) is 11.4 Å². The van der Waals surface area contributed by atoms with Gasteiger partial charge in [-0.3, -0.25) is 0 Å². The van der Waals surface area contributed by atoms with Crippen molar-refractivity contribution in [2.75, 3.05) is 32.1 Å². The molecule has 1 atom stereocenters. The van der Waals surface area contributed by atoms with Crippen LogP contribution in [-0.2, 0) is 0 Å². The number of rotatable bonds is 6. The van der Waals surface area contributed by atoms with Gasteiger partial charge < -0.3 is 15.3 Å². The lowest BCUT2D eigenvalue weighted by molar-refractivity contribution is 0.171. The van der Waals surface area contributed by atoms with Crippen molar-refractivity contribution in [2.45, 2.75) is 12.5 Å². The van der Waals surface area contributed by atoms with E-state index in [1.165, 1.54) is 0 Å². The zero-order valence-electron chi connectivity index (χ0n) is 10.3. The normalized spacial score (nSPS) is 11.9. The van der Waals surface area contributed by atoms with E-state index in [1.54, 1.807) is 6.07 Å². The van der Waals surface area contributed by atoms with Crippen LogP contribution < -0.4 is 10.2 Å². The molecule has 0 aliphatic carbocycles. The largest absolute Gasteiger partial charge is 0.391 e. The maximum absolute atomic E-state index is 9.81. The smallest absolute Gasteiger partial charge is 0.101 e. The highest BCUT2D eigenvalue weighted by molar-refractivity contribution is 5.58. The average molecular weight is 233 g/mol. The van der Waals surface area contributed by atoms with Crippen molar-refractivity contribution in [1.29, 1.82) is 5.26 Å². The van der Waals surface area contributed by atoms with Crippen molar-refractivity contribution in [2.24, 2.45) is 0 Å². The summed E-state index contributed by atoms with van der Waals surface area (Å²) in [5.74, 6) is 0. The van der Waals surface area contributed by atoms with Crippen molar-refractivity contribution in [3.63, 3.8) is 0 Å². The van der Waals surface area contributed by atoms with Crippen LogP contribution in [0.1, 0.15) is 12.0 Å². The summed E-state index contributed by atoms with van der Waals surface area (Å²) in [6.07, 6.45) is 0.314. The molecule has 0 fully saturated rings. The molecule has 1 aromatic carbocycles. The van der Waals surface area contributed by atoms with Crippen LogP contribution in [0.25, 0.3) is 0 Å². The van der Waals surface area contributed by atoms with Crippen molar-refractivity contribution in [3.8, 4) is 6.07 Å². The number of hydrogen-bond acceptors (Lipinski definition) is 4. The van der Waals surface area contributed by atoms with Gasteiger partial charge in [0.1, 0.15) is 6.07 Å². The Morgan fingerprint density at radius 3 is 2.82 bits per heavy atom. The van der Waals surface area contributed by atoms with Crippen LogP contribution in [0.15, 0.2) is 24.3 Å². The molecule has 0 saturated carbocycles. The highest BCUT2D eigenvalue weighted by Gasteiger charge is 2.11. The van der Waals surface area contributed by atoms with E-state index in [0.717, 1.165) is 12.2 Å². The molecule has 0 aromatic heterocycles. The lowest BCUT2D eigenvalue weighted by Gasteiger charge is -2.23. The predicted octanol–water partition coefficient (Wildman–Crippen LogP) is 0.965. The Hall–Kier alpha value is -1.57. The molecule has 0 bridgehead atoms. The lowest BCUT2D eigenvalue weighted by atomic mass is 10.1. The summed E-state index contributed by atoms with van der Waals surface area (Å²) in [4.78, 5) is 1.92. The van der Waals surface area contributed by atoms with Gasteiger partial charge in [-0.2, -0.15) is 5.26 Å². The Bertz CT molecular complexity index is 386. The Morgan fingerprint density at radius 2 is 2.18 bits per heavy atom. The molecule has 92 valence electrons. The zero-order valence-corrected chi connectivity index (χ0v) is 10.3. The summed E-state index contributed by atoms with van der Waals surface area (Å²) in [6.45, 7) is 1.31. The minimum Gasteiger partial charge on any atom is -0.391 e. The van der Waals surface area contributed by atoms with Gasteiger partial charge in [0, 0.05) is 13.6 Å². The van der Waals surface area contributed by atoms with Gasteiger partial charge in [-0.25, -0.2) is 0 Å². The molecule has 0 aliphatic heterocycles. The van der Waals surface area contributed by atoms with Gasteiger partial charge in [0.15, 0.2) is 0 Å². The summed E-state index contributed by atoms with van der Waals surface area (Å²) in [6, 6.07) is 9.57. The van der Waals surface area contributed by atoms with Crippen LogP contribution in [0.4, 0.5) is 5.69 Å². The van der Waals surface area contributed by atoms with Gasteiger partial charge in [-0.15, -0.1) is 0 Å². The standard InChI is InChI=1S/C13H19N3O/c1-15-8-7-12(17)10-16(2)13-6-4-3-5-11(13)9-14/h3-6,12,15,17H,7-8,10H2,1-2H3. The summed E-state index contributed by atoms with van der Waals surface area (Å²) in [5, 5.41) is 21.8. The molecular formula is C13H19N3O. The molecule has 0 radical (unpaired) electrons. The van der Waals surface area contributed by atoms with Crippen LogP contribution in [0.2, 0.25) is 0 Å². The Balaban J connectivity index is 2.63. The van der Waals surface area contributed by atoms with Crippen molar-refractivity contribution in [1.82, 2.24) is 5.32 Å². The van der Waals surface area contributed by atoms with E-state index < -0.39 is 0 Å². The van der Waals surface area contributed by atoms with Gasteiger partial charge in [0.05, 0.1) is 17.4 Å². The molecule has 0 saturated heterocycles. The van der Waals surface area contributed by atoms with Crippen molar-refractivity contribution < 1.29 is 5.11 Å². The van der Waals surface area contributed by atoms with Crippen LogP contribution >= 0.6 is 0 Å². The summed E-state index contributed by atoms with van der Waals surface area (Å²) in [7, 11) is 3.75. The fourth-order valence-corrected chi connectivity index (χ4v) is 1.72. The van der Waals surface area contributed by atoms with E-state index in [-0.39, 0.29) is 6.10 Å². The molecule has 2 N–H and O–H groups in total. The average Bonchev–Trinajstić information content (AvgIpc) is 2.36. The molecule has 0 spiro atoms. The van der Waals surface area contributed by atoms with E-state index >= 15 is 0 Å². The molecule has 4 nitrogen and oxygen atoms in total. The number of likely N-dealkylation sites (N-methyl/N-ethyl adjacent to an activating group) is 1. The fourth-order valence-electron chi connectivity index (χ4n) is 1.72. The number of nitrogens with one attached hydrogen (secondary N) is 1. The molecule has 4 heteroatoms. The number of anilines is 1. The monoisotopic (exact) mass is 233 g/mol.